The molecule has 2 aromatic heterocycles. The number of amides is 1. The number of carbonyl (C=O) groups excluding carboxylic acids is 1. The summed E-state index contributed by atoms with van der Waals surface area (Å²) >= 11 is 12.5. The number of benzene rings is 2. The fourth-order valence-electron chi connectivity index (χ4n) is 2.92. The smallest absolute Gasteiger partial charge is 0.247 e. The molecule has 0 radical (unpaired) electrons. The number of aromatic nitrogens is 5. The van der Waals surface area contributed by atoms with Crippen LogP contribution in [0.4, 0.5) is 5.82 Å². The lowest BCUT2D eigenvalue weighted by Crippen LogP contribution is -2.20. The van der Waals surface area contributed by atoms with Gasteiger partial charge in [0.2, 0.25) is 5.91 Å². The highest BCUT2D eigenvalue weighted by Gasteiger charge is 2.13. The normalized spacial score (nSPS) is 11.1. The van der Waals surface area contributed by atoms with Crippen LogP contribution in [0.15, 0.2) is 48.5 Å². The molecule has 0 saturated heterocycles. The third-order valence-electron chi connectivity index (χ3n) is 4.33. The lowest BCUT2D eigenvalue weighted by Gasteiger charge is -2.08. The molecule has 28 heavy (non-hydrogen) atoms. The van der Waals surface area contributed by atoms with E-state index >= 15 is 0 Å². The van der Waals surface area contributed by atoms with Gasteiger partial charge in [0, 0.05) is 27.4 Å². The summed E-state index contributed by atoms with van der Waals surface area (Å²) in [5.41, 5.74) is 3.20. The van der Waals surface area contributed by atoms with Crippen LogP contribution < -0.4 is 5.32 Å². The highest BCUT2D eigenvalue weighted by molar-refractivity contribution is 6.35. The van der Waals surface area contributed by atoms with Gasteiger partial charge in [0.1, 0.15) is 12.1 Å². The predicted octanol–water partition coefficient (Wildman–Crippen LogP) is 3.93. The van der Waals surface area contributed by atoms with E-state index in [0.29, 0.717) is 22.4 Å². The number of nitrogens with zero attached hydrogens (tertiary/aromatic N) is 5. The molecule has 0 aliphatic rings. The fraction of sp³-hybridized carbons (Fsp3) is 0.158. The standard InChI is InChI=1S/C19H16Cl2N6O/c1-12-9-18(24-26(12)10-13-14(20)5-4-6-15(13)21)22-19(28)11-27-17-8-3-2-7-16(17)23-25-27/h2-9H,10-11H2,1H3,(H,22,24,28). The Morgan fingerprint density at radius 2 is 1.82 bits per heavy atom. The van der Waals surface area contributed by atoms with Crippen LogP contribution in [0.25, 0.3) is 11.0 Å². The first kappa shape index (κ1) is 18.5. The van der Waals surface area contributed by atoms with Gasteiger partial charge in [-0.2, -0.15) is 5.10 Å². The van der Waals surface area contributed by atoms with E-state index in [1.54, 1.807) is 33.6 Å². The number of hydrogen-bond acceptors (Lipinski definition) is 4. The van der Waals surface area contributed by atoms with E-state index in [-0.39, 0.29) is 12.5 Å². The zero-order chi connectivity index (χ0) is 19.7. The number of rotatable bonds is 5. The summed E-state index contributed by atoms with van der Waals surface area (Å²) in [5, 5.41) is 16.5. The molecule has 0 bridgehead atoms. The number of nitrogens with one attached hydrogen (secondary N) is 1. The molecule has 1 amide bonds. The van der Waals surface area contributed by atoms with Crippen LogP contribution in [0.3, 0.4) is 0 Å². The van der Waals surface area contributed by atoms with E-state index in [1.807, 2.05) is 31.2 Å². The molecule has 2 aromatic carbocycles. The number of para-hydroxylation sites is 1. The van der Waals surface area contributed by atoms with Gasteiger partial charge < -0.3 is 5.32 Å². The van der Waals surface area contributed by atoms with Crippen molar-refractivity contribution in [3.8, 4) is 0 Å². The maximum Gasteiger partial charge on any atom is 0.247 e. The molecule has 142 valence electrons. The first-order valence-corrected chi connectivity index (χ1v) is 9.32. The van der Waals surface area contributed by atoms with E-state index in [9.17, 15) is 4.79 Å². The van der Waals surface area contributed by atoms with Gasteiger partial charge in [-0.3, -0.25) is 9.48 Å². The fourth-order valence-corrected chi connectivity index (χ4v) is 3.43. The second kappa shape index (κ2) is 7.61. The molecule has 0 fully saturated rings. The van der Waals surface area contributed by atoms with Gasteiger partial charge in [0.05, 0.1) is 12.1 Å². The van der Waals surface area contributed by atoms with E-state index < -0.39 is 0 Å². The molecule has 1 N–H and O–H groups in total. The Bertz CT molecular complexity index is 1150. The summed E-state index contributed by atoms with van der Waals surface area (Å²) < 4.78 is 3.30. The zero-order valence-electron chi connectivity index (χ0n) is 14.9. The van der Waals surface area contributed by atoms with Gasteiger partial charge in [-0.15, -0.1) is 5.10 Å². The summed E-state index contributed by atoms with van der Waals surface area (Å²) in [7, 11) is 0. The van der Waals surface area contributed by atoms with Gasteiger partial charge in [0.25, 0.3) is 0 Å². The monoisotopic (exact) mass is 414 g/mol. The van der Waals surface area contributed by atoms with Crippen LogP contribution >= 0.6 is 23.2 Å². The largest absolute Gasteiger partial charge is 0.308 e. The average molecular weight is 415 g/mol. The molecule has 0 unspecified atom stereocenters. The Hall–Kier alpha value is -2.90. The highest BCUT2D eigenvalue weighted by Crippen LogP contribution is 2.25. The first-order valence-electron chi connectivity index (χ1n) is 8.56. The third-order valence-corrected chi connectivity index (χ3v) is 5.04. The summed E-state index contributed by atoms with van der Waals surface area (Å²) in [6, 6.07) is 14.6. The van der Waals surface area contributed by atoms with E-state index in [1.165, 1.54) is 0 Å². The Labute approximate surface area is 170 Å². The van der Waals surface area contributed by atoms with Crippen molar-refractivity contribution in [2.24, 2.45) is 0 Å². The second-order valence-electron chi connectivity index (χ2n) is 6.31. The molecular weight excluding hydrogens is 399 g/mol. The average Bonchev–Trinajstić information content (AvgIpc) is 3.22. The number of anilines is 1. The molecular formula is C19H16Cl2N6O. The second-order valence-corrected chi connectivity index (χ2v) is 7.13. The molecule has 0 aliphatic heterocycles. The summed E-state index contributed by atoms with van der Waals surface area (Å²) in [4.78, 5) is 12.4. The molecule has 4 rings (SSSR count). The lowest BCUT2D eigenvalue weighted by molar-refractivity contribution is -0.116. The molecule has 9 heteroatoms. The van der Waals surface area contributed by atoms with Crippen molar-refractivity contribution >= 4 is 46.0 Å². The van der Waals surface area contributed by atoms with Crippen molar-refractivity contribution < 1.29 is 4.79 Å². The van der Waals surface area contributed by atoms with Gasteiger partial charge in [-0.05, 0) is 31.2 Å². The number of carbonyl (C=O) groups is 1. The summed E-state index contributed by atoms with van der Waals surface area (Å²) in [6.45, 7) is 2.36. The van der Waals surface area contributed by atoms with Crippen LogP contribution in [0, 0.1) is 6.92 Å². The van der Waals surface area contributed by atoms with Crippen molar-refractivity contribution in [2.45, 2.75) is 20.0 Å². The maximum atomic E-state index is 12.4. The topological polar surface area (TPSA) is 77.6 Å². The van der Waals surface area contributed by atoms with Gasteiger partial charge in [-0.25, -0.2) is 4.68 Å². The van der Waals surface area contributed by atoms with Crippen LogP contribution in [-0.4, -0.2) is 30.7 Å². The predicted molar refractivity (Wildman–Crippen MR) is 109 cm³/mol. The van der Waals surface area contributed by atoms with Crippen molar-refractivity contribution in [2.75, 3.05) is 5.32 Å². The Kier molecular flexibility index (Phi) is 5.02. The molecule has 0 spiro atoms. The number of fused-ring (bicyclic) bond motifs is 1. The van der Waals surface area contributed by atoms with Crippen LogP contribution in [-0.2, 0) is 17.9 Å². The minimum atomic E-state index is -0.240. The minimum Gasteiger partial charge on any atom is -0.308 e. The van der Waals surface area contributed by atoms with Crippen molar-refractivity contribution in [3.63, 3.8) is 0 Å². The van der Waals surface area contributed by atoms with Gasteiger partial charge >= 0.3 is 0 Å². The Morgan fingerprint density at radius 1 is 1.07 bits per heavy atom. The SMILES string of the molecule is Cc1cc(NC(=O)Cn2nnc3ccccc32)nn1Cc1c(Cl)cccc1Cl. The zero-order valence-corrected chi connectivity index (χ0v) is 16.4. The first-order chi connectivity index (χ1) is 13.5. The lowest BCUT2D eigenvalue weighted by atomic mass is 10.2. The van der Waals surface area contributed by atoms with Gasteiger partial charge in [-0.1, -0.05) is 46.6 Å². The van der Waals surface area contributed by atoms with Gasteiger partial charge in [0.15, 0.2) is 5.82 Å². The van der Waals surface area contributed by atoms with E-state index in [2.05, 4.69) is 20.7 Å². The minimum absolute atomic E-state index is 0.0444. The van der Waals surface area contributed by atoms with E-state index in [4.69, 9.17) is 23.2 Å². The van der Waals surface area contributed by atoms with Crippen LogP contribution in [0.1, 0.15) is 11.3 Å². The molecule has 0 aliphatic carbocycles. The highest BCUT2D eigenvalue weighted by atomic mass is 35.5. The van der Waals surface area contributed by atoms with Crippen LogP contribution in [0.2, 0.25) is 10.0 Å². The molecule has 7 nitrogen and oxygen atoms in total. The van der Waals surface area contributed by atoms with Crippen molar-refractivity contribution in [3.05, 3.63) is 69.8 Å². The van der Waals surface area contributed by atoms with Crippen molar-refractivity contribution in [1.82, 2.24) is 24.8 Å². The number of aryl methyl sites for hydroxylation is 1. The molecule has 2 heterocycles. The summed E-state index contributed by atoms with van der Waals surface area (Å²) in [5.74, 6) is 0.214. The quantitative estimate of drug-likeness (QED) is 0.536. The van der Waals surface area contributed by atoms with Crippen LogP contribution in [0.5, 0.6) is 0 Å². The van der Waals surface area contributed by atoms with Crippen molar-refractivity contribution in [1.29, 1.82) is 0 Å². The molecule has 0 atom stereocenters. The maximum absolute atomic E-state index is 12.4. The molecule has 0 saturated carbocycles. The number of hydrogen-bond donors (Lipinski definition) is 1. The summed E-state index contributed by atoms with van der Waals surface area (Å²) in [6.07, 6.45) is 0. The Morgan fingerprint density at radius 3 is 2.61 bits per heavy atom. The molecule has 4 aromatic rings. The van der Waals surface area contributed by atoms with E-state index in [0.717, 1.165) is 22.3 Å². The Balaban J connectivity index is 1.48. The third kappa shape index (κ3) is 3.72. The number of halogens is 2.